The molecule has 0 amide bonds. The highest BCUT2D eigenvalue weighted by Crippen LogP contribution is 2.27. The Morgan fingerprint density at radius 3 is 2.32 bits per heavy atom. The molecule has 2 aromatic carbocycles. The summed E-state index contributed by atoms with van der Waals surface area (Å²) in [7, 11) is 1.70. The molecule has 0 bridgehead atoms. The molecule has 0 fully saturated rings. The van der Waals surface area contributed by atoms with Crippen molar-refractivity contribution >= 4 is 0 Å². The van der Waals surface area contributed by atoms with E-state index in [0.717, 1.165) is 24.3 Å². The zero-order chi connectivity index (χ0) is 18.1. The van der Waals surface area contributed by atoms with Gasteiger partial charge in [0, 0.05) is 12.0 Å². The lowest BCUT2D eigenvalue weighted by Gasteiger charge is -2.18. The Bertz CT molecular complexity index is 624. The molecule has 2 aromatic rings. The Balaban J connectivity index is 1.90. The highest BCUT2D eigenvalue weighted by Gasteiger charge is 2.14. The standard InChI is InChI=1S/C22H30FNO/c1-17(2)8-9-19(18-10-12-21(25-3)13-11-18)14-15-24-16-20-6-4-5-7-22(20)23/h4-7,10-13,17,19,24H,8-9,14-16H2,1-3H3/p+1/t19-/m0/s1. The minimum Gasteiger partial charge on any atom is -0.497 e. The highest BCUT2D eigenvalue weighted by molar-refractivity contribution is 5.29. The number of ether oxygens (including phenoxy) is 1. The van der Waals surface area contributed by atoms with Gasteiger partial charge < -0.3 is 10.1 Å². The van der Waals surface area contributed by atoms with Gasteiger partial charge in [0.2, 0.25) is 0 Å². The largest absolute Gasteiger partial charge is 0.497 e. The molecular formula is C22H31FNO+. The van der Waals surface area contributed by atoms with Gasteiger partial charge in [-0.15, -0.1) is 0 Å². The summed E-state index contributed by atoms with van der Waals surface area (Å²) in [6.07, 6.45) is 3.52. The number of hydrogen-bond donors (Lipinski definition) is 1. The van der Waals surface area contributed by atoms with E-state index in [0.29, 0.717) is 18.4 Å². The number of methoxy groups -OCH3 is 1. The molecule has 0 aliphatic heterocycles. The summed E-state index contributed by atoms with van der Waals surface area (Å²) in [5.41, 5.74) is 2.16. The van der Waals surface area contributed by atoms with E-state index in [9.17, 15) is 4.39 Å². The van der Waals surface area contributed by atoms with Crippen LogP contribution in [0, 0.1) is 11.7 Å². The molecule has 136 valence electrons. The first-order valence-electron chi connectivity index (χ1n) is 9.29. The van der Waals surface area contributed by atoms with Crippen LogP contribution in [0.2, 0.25) is 0 Å². The van der Waals surface area contributed by atoms with Crippen molar-refractivity contribution < 1.29 is 14.4 Å². The van der Waals surface area contributed by atoms with E-state index in [2.05, 4.69) is 31.3 Å². The van der Waals surface area contributed by atoms with Crippen LogP contribution in [0.25, 0.3) is 0 Å². The molecule has 0 unspecified atom stereocenters. The van der Waals surface area contributed by atoms with Gasteiger partial charge >= 0.3 is 0 Å². The summed E-state index contributed by atoms with van der Waals surface area (Å²) in [6.45, 7) is 6.25. The fourth-order valence-electron chi connectivity index (χ4n) is 3.13. The Labute approximate surface area is 151 Å². The van der Waals surface area contributed by atoms with Crippen LogP contribution >= 0.6 is 0 Å². The minimum atomic E-state index is -0.106. The van der Waals surface area contributed by atoms with Gasteiger partial charge in [-0.2, -0.15) is 0 Å². The van der Waals surface area contributed by atoms with Crippen LogP contribution in [0.3, 0.4) is 0 Å². The molecule has 0 saturated heterocycles. The molecule has 0 heterocycles. The van der Waals surface area contributed by atoms with Crippen LogP contribution in [0.4, 0.5) is 4.39 Å². The minimum absolute atomic E-state index is 0.106. The third-order valence-corrected chi connectivity index (χ3v) is 4.72. The first kappa shape index (κ1) is 19.5. The first-order chi connectivity index (χ1) is 12.1. The van der Waals surface area contributed by atoms with Gasteiger partial charge in [-0.05, 0) is 42.0 Å². The number of nitrogens with two attached hydrogens (primary N) is 1. The Morgan fingerprint density at radius 2 is 1.68 bits per heavy atom. The average Bonchev–Trinajstić information content (AvgIpc) is 2.62. The third-order valence-electron chi connectivity index (χ3n) is 4.72. The number of rotatable bonds is 10. The number of halogens is 1. The monoisotopic (exact) mass is 344 g/mol. The SMILES string of the molecule is COc1ccc([C@H](CC[NH2+]Cc2ccccc2F)CCC(C)C)cc1. The van der Waals surface area contributed by atoms with Crippen molar-refractivity contribution in [2.75, 3.05) is 13.7 Å². The van der Waals surface area contributed by atoms with Crippen LogP contribution in [0.15, 0.2) is 48.5 Å². The molecular weight excluding hydrogens is 313 g/mol. The first-order valence-corrected chi connectivity index (χ1v) is 9.29. The zero-order valence-corrected chi connectivity index (χ0v) is 15.7. The van der Waals surface area contributed by atoms with Crippen LogP contribution in [-0.2, 0) is 6.54 Å². The Hall–Kier alpha value is -1.87. The lowest BCUT2D eigenvalue weighted by atomic mass is 9.88. The van der Waals surface area contributed by atoms with Gasteiger partial charge in [-0.1, -0.05) is 50.6 Å². The van der Waals surface area contributed by atoms with Crippen LogP contribution in [-0.4, -0.2) is 13.7 Å². The van der Waals surface area contributed by atoms with Gasteiger partial charge in [0.1, 0.15) is 18.1 Å². The van der Waals surface area contributed by atoms with Crippen LogP contribution in [0.5, 0.6) is 5.75 Å². The number of benzene rings is 2. The summed E-state index contributed by atoms with van der Waals surface area (Å²) in [4.78, 5) is 0. The fourth-order valence-corrected chi connectivity index (χ4v) is 3.13. The summed E-state index contributed by atoms with van der Waals surface area (Å²) in [6, 6.07) is 15.5. The molecule has 0 radical (unpaired) electrons. The molecule has 2 N–H and O–H groups in total. The normalized spacial score (nSPS) is 12.4. The Morgan fingerprint density at radius 1 is 0.960 bits per heavy atom. The van der Waals surface area contributed by atoms with Crippen molar-refractivity contribution in [3.8, 4) is 5.75 Å². The molecule has 1 atom stereocenters. The second-order valence-corrected chi connectivity index (χ2v) is 7.10. The Kier molecular flexibility index (Phi) is 7.93. The lowest BCUT2D eigenvalue weighted by Crippen LogP contribution is -2.82. The van der Waals surface area contributed by atoms with E-state index >= 15 is 0 Å². The molecule has 3 heteroatoms. The second kappa shape index (κ2) is 10.2. The molecule has 2 rings (SSSR count). The number of quaternary nitrogens is 1. The molecule has 25 heavy (non-hydrogen) atoms. The van der Waals surface area contributed by atoms with Gasteiger partial charge in [0.15, 0.2) is 0 Å². The molecule has 2 nitrogen and oxygen atoms in total. The van der Waals surface area contributed by atoms with E-state index in [4.69, 9.17) is 4.74 Å². The van der Waals surface area contributed by atoms with Crippen molar-refractivity contribution in [3.63, 3.8) is 0 Å². The third kappa shape index (κ3) is 6.50. The van der Waals surface area contributed by atoms with Crippen molar-refractivity contribution in [1.29, 1.82) is 0 Å². The predicted octanol–water partition coefficient (Wildman–Crippen LogP) is 4.51. The van der Waals surface area contributed by atoms with Crippen LogP contribution in [0.1, 0.15) is 50.2 Å². The maximum Gasteiger partial charge on any atom is 0.132 e. The maximum atomic E-state index is 13.7. The van der Waals surface area contributed by atoms with Crippen molar-refractivity contribution in [3.05, 3.63) is 65.5 Å². The van der Waals surface area contributed by atoms with Crippen LogP contribution < -0.4 is 10.1 Å². The quantitative estimate of drug-likeness (QED) is 0.631. The van der Waals surface area contributed by atoms with Crippen molar-refractivity contribution in [2.24, 2.45) is 5.92 Å². The zero-order valence-electron chi connectivity index (χ0n) is 15.7. The van der Waals surface area contributed by atoms with E-state index in [1.165, 1.54) is 24.5 Å². The maximum absolute atomic E-state index is 13.7. The molecule has 0 saturated carbocycles. The average molecular weight is 344 g/mol. The fraction of sp³-hybridized carbons (Fsp3) is 0.455. The van der Waals surface area contributed by atoms with Gasteiger partial charge in [-0.3, -0.25) is 0 Å². The molecule has 0 spiro atoms. The van der Waals surface area contributed by atoms with Gasteiger partial charge in [-0.25, -0.2) is 4.39 Å². The van der Waals surface area contributed by atoms with E-state index < -0.39 is 0 Å². The van der Waals surface area contributed by atoms with E-state index in [1.807, 2.05) is 24.3 Å². The summed E-state index contributed by atoms with van der Waals surface area (Å²) < 4.78 is 19.0. The van der Waals surface area contributed by atoms with Gasteiger partial charge in [0.25, 0.3) is 0 Å². The molecule has 0 aliphatic rings. The van der Waals surface area contributed by atoms with Crippen molar-refractivity contribution in [1.82, 2.24) is 0 Å². The summed E-state index contributed by atoms with van der Waals surface area (Å²) >= 11 is 0. The predicted molar refractivity (Wildman–Crippen MR) is 101 cm³/mol. The van der Waals surface area contributed by atoms with E-state index in [-0.39, 0.29) is 5.82 Å². The number of hydrogen-bond acceptors (Lipinski definition) is 1. The molecule has 0 aromatic heterocycles. The summed E-state index contributed by atoms with van der Waals surface area (Å²) in [5.74, 6) is 2.05. The van der Waals surface area contributed by atoms with Gasteiger partial charge in [0.05, 0.1) is 13.7 Å². The lowest BCUT2D eigenvalue weighted by molar-refractivity contribution is -0.671. The topological polar surface area (TPSA) is 25.8 Å². The molecule has 0 aliphatic carbocycles. The van der Waals surface area contributed by atoms with Crippen molar-refractivity contribution in [2.45, 2.75) is 45.6 Å². The second-order valence-electron chi connectivity index (χ2n) is 7.10. The smallest absolute Gasteiger partial charge is 0.132 e. The highest BCUT2D eigenvalue weighted by atomic mass is 19.1. The summed E-state index contributed by atoms with van der Waals surface area (Å²) in [5, 5.41) is 2.21. The van der Waals surface area contributed by atoms with E-state index in [1.54, 1.807) is 13.2 Å².